The van der Waals surface area contributed by atoms with Crippen molar-refractivity contribution >= 4 is 9.84 Å². The molecule has 0 aliphatic carbocycles. The molecule has 0 aromatic heterocycles. The fraction of sp³-hybridized carbons (Fsp3) is 0.500. The van der Waals surface area contributed by atoms with E-state index in [1.807, 2.05) is 18.2 Å². The monoisotopic (exact) mass is 239 g/mol. The van der Waals surface area contributed by atoms with Crippen molar-refractivity contribution in [3.8, 4) is 0 Å². The quantitative estimate of drug-likeness (QED) is 0.852. The molecule has 2 rings (SSSR count). The lowest BCUT2D eigenvalue weighted by molar-refractivity contribution is 0.461. The molecule has 1 aromatic carbocycles. The van der Waals surface area contributed by atoms with Crippen molar-refractivity contribution in [3.05, 3.63) is 29.8 Å². The van der Waals surface area contributed by atoms with Gasteiger partial charge in [0.2, 0.25) is 0 Å². The van der Waals surface area contributed by atoms with Gasteiger partial charge in [-0.25, -0.2) is 8.42 Å². The summed E-state index contributed by atoms with van der Waals surface area (Å²) in [5, 5.41) is 3.34. The molecule has 1 fully saturated rings. The van der Waals surface area contributed by atoms with Gasteiger partial charge < -0.3 is 5.32 Å². The van der Waals surface area contributed by atoms with Crippen LogP contribution in [0.3, 0.4) is 0 Å². The molecular formula is C12H17NO2S. The van der Waals surface area contributed by atoms with E-state index in [4.69, 9.17) is 0 Å². The van der Waals surface area contributed by atoms with Gasteiger partial charge in [-0.1, -0.05) is 12.1 Å². The van der Waals surface area contributed by atoms with Crippen molar-refractivity contribution in [3.63, 3.8) is 0 Å². The molecule has 1 aliphatic heterocycles. The summed E-state index contributed by atoms with van der Waals surface area (Å²) in [6.45, 7) is 2.02. The number of hydrogen-bond acceptors (Lipinski definition) is 3. The smallest absolute Gasteiger partial charge is 0.175 e. The largest absolute Gasteiger partial charge is 0.316 e. The van der Waals surface area contributed by atoms with E-state index in [0.717, 1.165) is 31.5 Å². The van der Waals surface area contributed by atoms with E-state index in [1.54, 1.807) is 6.07 Å². The lowest BCUT2D eigenvalue weighted by atomic mass is 9.92. The fourth-order valence-electron chi connectivity index (χ4n) is 2.14. The minimum Gasteiger partial charge on any atom is -0.316 e. The lowest BCUT2D eigenvalue weighted by Gasteiger charge is -2.23. The number of sulfone groups is 1. The first-order chi connectivity index (χ1) is 7.57. The minimum absolute atomic E-state index is 0.426. The summed E-state index contributed by atoms with van der Waals surface area (Å²) < 4.78 is 22.9. The maximum Gasteiger partial charge on any atom is 0.175 e. The van der Waals surface area contributed by atoms with Crippen molar-refractivity contribution in [2.45, 2.75) is 23.7 Å². The first kappa shape index (κ1) is 11.6. The maximum atomic E-state index is 11.5. The van der Waals surface area contributed by atoms with Crippen molar-refractivity contribution in [2.24, 2.45) is 0 Å². The van der Waals surface area contributed by atoms with Crippen LogP contribution in [0.4, 0.5) is 0 Å². The summed E-state index contributed by atoms with van der Waals surface area (Å²) in [7, 11) is -3.08. The Kier molecular flexibility index (Phi) is 3.30. The SMILES string of the molecule is CS(=O)(=O)c1cccc([C@H]2CCCNC2)c1. The zero-order valence-corrected chi connectivity index (χ0v) is 10.3. The van der Waals surface area contributed by atoms with Gasteiger partial charge in [0.25, 0.3) is 0 Å². The van der Waals surface area contributed by atoms with Crippen LogP contribution in [0.1, 0.15) is 24.3 Å². The number of nitrogens with one attached hydrogen (secondary N) is 1. The molecule has 1 N–H and O–H groups in total. The summed E-state index contributed by atoms with van der Waals surface area (Å²) >= 11 is 0. The van der Waals surface area contributed by atoms with Crippen LogP contribution >= 0.6 is 0 Å². The van der Waals surface area contributed by atoms with E-state index in [0.29, 0.717) is 10.8 Å². The van der Waals surface area contributed by atoms with E-state index in [1.165, 1.54) is 6.26 Å². The highest BCUT2D eigenvalue weighted by molar-refractivity contribution is 7.90. The van der Waals surface area contributed by atoms with Crippen molar-refractivity contribution in [2.75, 3.05) is 19.3 Å². The van der Waals surface area contributed by atoms with Gasteiger partial charge in [0, 0.05) is 12.8 Å². The van der Waals surface area contributed by atoms with Crippen LogP contribution in [0.15, 0.2) is 29.2 Å². The van der Waals surface area contributed by atoms with Crippen LogP contribution in [0, 0.1) is 0 Å². The van der Waals surface area contributed by atoms with Crippen molar-refractivity contribution in [1.29, 1.82) is 0 Å². The number of benzene rings is 1. The van der Waals surface area contributed by atoms with Gasteiger partial charge >= 0.3 is 0 Å². The average Bonchev–Trinajstić information content (AvgIpc) is 2.29. The highest BCUT2D eigenvalue weighted by Crippen LogP contribution is 2.24. The maximum absolute atomic E-state index is 11.5. The Bertz CT molecular complexity index is 462. The topological polar surface area (TPSA) is 46.2 Å². The third-order valence-electron chi connectivity index (χ3n) is 3.05. The van der Waals surface area contributed by atoms with E-state index in [-0.39, 0.29) is 0 Å². The first-order valence-electron chi connectivity index (χ1n) is 5.58. The Balaban J connectivity index is 2.28. The van der Waals surface area contributed by atoms with Crippen LogP contribution in [-0.2, 0) is 9.84 Å². The van der Waals surface area contributed by atoms with Crippen molar-refractivity contribution < 1.29 is 8.42 Å². The Morgan fingerprint density at radius 1 is 1.38 bits per heavy atom. The molecule has 0 bridgehead atoms. The van der Waals surface area contributed by atoms with E-state index >= 15 is 0 Å². The lowest BCUT2D eigenvalue weighted by Crippen LogP contribution is -2.28. The molecule has 3 nitrogen and oxygen atoms in total. The normalized spacial score (nSPS) is 21.9. The molecule has 1 heterocycles. The summed E-state index contributed by atoms with van der Waals surface area (Å²) in [6, 6.07) is 7.33. The molecule has 0 saturated carbocycles. The van der Waals surface area contributed by atoms with Gasteiger partial charge in [-0.05, 0) is 43.0 Å². The zero-order chi connectivity index (χ0) is 11.6. The zero-order valence-electron chi connectivity index (χ0n) is 9.44. The number of rotatable bonds is 2. The standard InChI is InChI=1S/C12H17NO2S/c1-16(14,15)12-6-2-4-10(8-12)11-5-3-7-13-9-11/h2,4,6,8,11,13H,3,5,7,9H2,1H3/t11-/m0/s1. The minimum atomic E-state index is -3.08. The van der Waals surface area contributed by atoms with E-state index in [9.17, 15) is 8.42 Å². The van der Waals surface area contributed by atoms with Gasteiger partial charge in [0.15, 0.2) is 9.84 Å². The van der Waals surface area contributed by atoms with Gasteiger partial charge in [-0.3, -0.25) is 0 Å². The molecule has 1 aromatic rings. The molecule has 16 heavy (non-hydrogen) atoms. The predicted octanol–water partition coefficient (Wildman–Crippen LogP) is 1.56. The Labute approximate surface area is 96.8 Å². The molecule has 0 unspecified atom stereocenters. The molecular weight excluding hydrogens is 222 g/mol. The van der Waals surface area contributed by atoms with Crippen LogP contribution in [0.5, 0.6) is 0 Å². The van der Waals surface area contributed by atoms with E-state index in [2.05, 4.69) is 5.32 Å². The molecule has 1 saturated heterocycles. The Morgan fingerprint density at radius 3 is 2.81 bits per heavy atom. The van der Waals surface area contributed by atoms with E-state index < -0.39 is 9.84 Å². The van der Waals surface area contributed by atoms with Gasteiger partial charge in [0.1, 0.15) is 0 Å². The summed E-state index contributed by atoms with van der Waals surface area (Å²) in [6.07, 6.45) is 3.55. The second kappa shape index (κ2) is 4.55. The Morgan fingerprint density at radius 2 is 2.19 bits per heavy atom. The first-order valence-corrected chi connectivity index (χ1v) is 7.47. The number of piperidine rings is 1. The second-order valence-electron chi connectivity index (χ2n) is 4.39. The molecule has 0 radical (unpaired) electrons. The van der Waals surface area contributed by atoms with Gasteiger partial charge in [-0.2, -0.15) is 0 Å². The van der Waals surface area contributed by atoms with Crippen LogP contribution in [0.2, 0.25) is 0 Å². The summed E-state index contributed by atoms with van der Waals surface area (Å²) in [5.74, 6) is 0.454. The molecule has 4 heteroatoms. The predicted molar refractivity (Wildman–Crippen MR) is 64.4 cm³/mol. The molecule has 0 spiro atoms. The van der Waals surface area contributed by atoms with Crippen LogP contribution in [-0.4, -0.2) is 27.8 Å². The van der Waals surface area contributed by atoms with Gasteiger partial charge in [-0.15, -0.1) is 0 Å². The van der Waals surface area contributed by atoms with Crippen LogP contribution < -0.4 is 5.32 Å². The van der Waals surface area contributed by atoms with Crippen molar-refractivity contribution in [1.82, 2.24) is 5.32 Å². The summed E-state index contributed by atoms with van der Waals surface area (Å²) in [5.41, 5.74) is 1.13. The third-order valence-corrected chi connectivity index (χ3v) is 4.16. The average molecular weight is 239 g/mol. The van der Waals surface area contributed by atoms with Crippen LogP contribution in [0.25, 0.3) is 0 Å². The highest BCUT2D eigenvalue weighted by Gasteiger charge is 2.16. The summed E-state index contributed by atoms with van der Waals surface area (Å²) in [4.78, 5) is 0.426. The molecule has 1 atom stereocenters. The number of hydrogen-bond donors (Lipinski definition) is 1. The fourth-order valence-corrected chi connectivity index (χ4v) is 2.81. The second-order valence-corrected chi connectivity index (χ2v) is 6.40. The molecule has 1 aliphatic rings. The Hall–Kier alpha value is -0.870. The highest BCUT2D eigenvalue weighted by atomic mass is 32.2. The molecule has 0 amide bonds. The molecule has 88 valence electrons. The third kappa shape index (κ3) is 2.62. The van der Waals surface area contributed by atoms with Gasteiger partial charge in [0.05, 0.1) is 4.90 Å².